The van der Waals surface area contributed by atoms with E-state index in [0.717, 1.165) is 12.1 Å². The van der Waals surface area contributed by atoms with E-state index in [1.807, 2.05) is 50.5 Å². The van der Waals surface area contributed by atoms with Crippen LogP contribution >= 0.6 is 0 Å². The van der Waals surface area contributed by atoms with Gasteiger partial charge in [0, 0.05) is 36.7 Å². The Morgan fingerprint density at radius 2 is 1.85 bits per heavy atom. The predicted octanol–water partition coefficient (Wildman–Crippen LogP) is 3.11. The van der Waals surface area contributed by atoms with Crippen molar-refractivity contribution in [1.82, 2.24) is 15.3 Å². The van der Waals surface area contributed by atoms with Crippen molar-refractivity contribution in [3.05, 3.63) is 54.0 Å². The molecule has 1 unspecified atom stereocenters. The number of nitrogens with zero attached hydrogens (tertiary/aromatic N) is 2. The summed E-state index contributed by atoms with van der Waals surface area (Å²) in [7, 11) is 0. The van der Waals surface area contributed by atoms with Gasteiger partial charge in [-0.3, -0.25) is 4.98 Å². The highest BCUT2D eigenvalue weighted by Crippen LogP contribution is 2.18. The molecule has 0 amide bonds. The van der Waals surface area contributed by atoms with Crippen molar-refractivity contribution in [3.63, 3.8) is 0 Å². The van der Waals surface area contributed by atoms with Crippen LogP contribution in [0, 0.1) is 0 Å². The Balaban J connectivity index is 2.00. The van der Waals surface area contributed by atoms with Crippen molar-refractivity contribution >= 4 is 0 Å². The highest BCUT2D eigenvalue weighted by atomic mass is 16.5. The van der Waals surface area contributed by atoms with E-state index in [9.17, 15) is 0 Å². The fraction of sp³-hybridized carbons (Fsp3) is 0.375. The third kappa shape index (κ3) is 4.03. The number of hydrogen-bond donors (Lipinski definition) is 1. The van der Waals surface area contributed by atoms with Crippen molar-refractivity contribution < 1.29 is 4.74 Å². The van der Waals surface area contributed by atoms with Gasteiger partial charge in [-0.2, -0.15) is 0 Å². The van der Waals surface area contributed by atoms with E-state index in [-0.39, 0.29) is 12.1 Å². The van der Waals surface area contributed by atoms with Crippen molar-refractivity contribution in [2.24, 2.45) is 0 Å². The van der Waals surface area contributed by atoms with Crippen molar-refractivity contribution in [2.75, 3.05) is 0 Å². The summed E-state index contributed by atoms with van der Waals surface area (Å²) in [6, 6.07) is 8.27. The molecule has 0 spiro atoms. The lowest BCUT2D eigenvalue weighted by atomic mass is 10.1. The van der Waals surface area contributed by atoms with Gasteiger partial charge >= 0.3 is 0 Å². The molecule has 0 bridgehead atoms. The molecule has 0 fully saturated rings. The number of hydrogen-bond acceptors (Lipinski definition) is 4. The smallest absolute Gasteiger partial charge is 0.218 e. The quantitative estimate of drug-likeness (QED) is 0.877. The van der Waals surface area contributed by atoms with Crippen LogP contribution in [0.5, 0.6) is 5.88 Å². The molecule has 0 aliphatic heterocycles. The van der Waals surface area contributed by atoms with Crippen molar-refractivity contribution in [2.45, 2.75) is 39.5 Å². The summed E-state index contributed by atoms with van der Waals surface area (Å²) in [5, 5.41) is 3.48. The molecule has 0 saturated carbocycles. The summed E-state index contributed by atoms with van der Waals surface area (Å²) in [4.78, 5) is 8.33. The van der Waals surface area contributed by atoms with Crippen LogP contribution < -0.4 is 10.1 Å². The van der Waals surface area contributed by atoms with Crippen LogP contribution in [0.25, 0.3) is 0 Å². The molecule has 0 aromatic carbocycles. The summed E-state index contributed by atoms with van der Waals surface area (Å²) in [5.41, 5.74) is 2.29. The van der Waals surface area contributed by atoms with Gasteiger partial charge in [0.25, 0.3) is 0 Å². The monoisotopic (exact) mass is 271 g/mol. The molecule has 20 heavy (non-hydrogen) atoms. The van der Waals surface area contributed by atoms with Gasteiger partial charge in [-0.05, 0) is 44.5 Å². The second kappa shape index (κ2) is 7.01. The topological polar surface area (TPSA) is 47.0 Å². The summed E-state index contributed by atoms with van der Waals surface area (Å²) in [6.45, 7) is 6.87. The number of rotatable bonds is 6. The van der Waals surface area contributed by atoms with E-state index < -0.39 is 0 Å². The van der Waals surface area contributed by atoms with Gasteiger partial charge in [0.1, 0.15) is 0 Å². The Hall–Kier alpha value is -1.94. The fourth-order valence-corrected chi connectivity index (χ4v) is 1.92. The number of nitrogens with one attached hydrogen (secondary N) is 1. The van der Waals surface area contributed by atoms with E-state index >= 15 is 0 Å². The first kappa shape index (κ1) is 14.5. The molecule has 2 aromatic rings. The number of pyridine rings is 2. The molecular weight excluding hydrogens is 250 g/mol. The first-order valence-corrected chi connectivity index (χ1v) is 6.90. The number of ether oxygens (including phenoxy) is 1. The molecule has 106 valence electrons. The lowest BCUT2D eigenvalue weighted by Gasteiger charge is -2.16. The Bertz CT molecular complexity index is 528. The molecule has 1 N–H and O–H groups in total. The highest BCUT2D eigenvalue weighted by molar-refractivity contribution is 5.26. The van der Waals surface area contributed by atoms with Crippen molar-refractivity contribution in [1.29, 1.82) is 0 Å². The SMILES string of the molecule is CC(C)Oc1ncccc1CNC(C)c1ccncc1. The van der Waals surface area contributed by atoms with E-state index in [1.165, 1.54) is 5.56 Å². The highest BCUT2D eigenvalue weighted by Gasteiger charge is 2.09. The lowest BCUT2D eigenvalue weighted by Crippen LogP contribution is -2.19. The average Bonchev–Trinajstić information content (AvgIpc) is 2.46. The van der Waals surface area contributed by atoms with Gasteiger partial charge in [-0.25, -0.2) is 4.98 Å². The molecule has 0 aliphatic carbocycles. The maximum Gasteiger partial charge on any atom is 0.218 e. The Morgan fingerprint density at radius 3 is 2.55 bits per heavy atom. The van der Waals surface area contributed by atoms with Crippen LogP contribution in [-0.2, 0) is 6.54 Å². The zero-order valence-electron chi connectivity index (χ0n) is 12.2. The van der Waals surface area contributed by atoms with Crippen LogP contribution in [0.3, 0.4) is 0 Å². The minimum absolute atomic E-state index is 0.126. The van der Waals surface area contributed by atoms with E-state index in [2.05, 4.69) is 22.2 Å². The first-order chi connectivity index (χ1) is 9.66. The van der Waals surface area contributed by atoms with Gasteiger partial charge in [0.15, 0.2) is 0 Å². The van der Waals surface area contributed by atoms with Gasteiger partial charge < -0.3 is 10.1 Å². The minimum Gasteiger partial charge on any atom is -0.475 e. The van der Waals surface area contributed by atoms with Crippen LogP contribution in [0.15, 0.2) is 42.9 Å². The first-order valence-electron chi connectivity index (χ1n) is 6.90. The van der Waals surface area contributed by atoms with Gasteiger partial charge in [0.2, 0.25) is 5.88 Å². The summed E-state index contributed by atoms with van der Waals surface area (Å²) < 4.78 is 5.72. The molecule has 2 rings (SSSR count). The molecule has 0 radical (unpaired) electrons. The Morgan fingerprint density at radius 1 is 1.10 bits per heavy atom. The molecule has 1 atom stereocenters. The lowest BCUT2D eigenvalue weighted by molar-refractivity contribution is 0.229. The molecule has 0 aliphatic rings. The van der Waals surface area contributed by atoms with E-state index in [0.29, 0.717) is 5.88 Å². The summed E-state index contributed by atoms with van der Waals surface area (Å²) in [6.07, 6.45) is 5.50. The van der Waals surface area contributed by atoms with Crippen LogP contribution in [-0.4, -0.2) is 16.1 Å². The Kier molecular flexibility index (Phi) is 5.07. The summed E-state index contributed by atoms with van der Waals surface area (Å²) >= 11 is 0. The fourth-order valence-electron chi connectivity index (χ4n) is 1.92. The third-order valence-electron chi connectivity index (χ3n) is 3.00. The predicted molar refractivity (Wildman–Crippen MR) is 79.5 cm³/mol. The van der Waals surface area contributed by atoms with Gasteiger partial charge in [-0.15, -0.1) is 0 Å². The third-order valence-corrected chi connectivity index (χ3v) is 3.00. The second-order valence-corrected chi connectivity index (χ2v) is 5.02. The molecule has 2 aromatic heterocycles. The second-order valence-electron chi connectivity index (χ2n) is 5.02. The van der Waals surface area contributed by atoms with Crippen LogP contribution in [0.1, 0.15) is 37.9 Å². The maximum atomic E-state index is 5.72. The minimum atomic E-state index is 0.126. The molecule has 4 nitrogen and oxygen atoms in total. The van der Waals surface area contributed by atoms with E-state index in [4.69, 9.17) is 4.74 Å². The zero-order chi connectivity index (χ0) is 14.4. The largest absolute Gasteiger partial charge is 0.475 e. The van der Waals surface area contributed by atoms with Gasteiger partial charge in [0.05, 0.1) is 6.10 Å². The summed E-state index contributed by atoms with van der Waals surface area (Å²) in [5.74, 6) is 0.705. The molecule has 4 heteroatoms. The van der Waals surface area contributed by atoms with E-state index in [1.54, 1.807) is 6.20 Å². The molecule has 2 heterocycles. The maximum absolute atomic E-state index is 5.72. The number of aromatic nitrogens is 2. The zero-order valence-corrected chi connectivity index (χ0v) is 12.2. The molecular formula is C16H21N3O. The van der Waals surface area contributed by atoms with Crippen LogP contribution in [0.2, 0.25) is 0 Å². The average molecular weight is 271 g/mol. The normalized spacial score (nSPS) is 12.4. The standard InChI is InChI=1S/C16H21N3O/c1-12(2)20-16-15(5-4-8-18-16)11-19-13(3)14-6-9-17-10-7-14/h4-10,12-13,19H,11H2,1-3H3. The van der Waals surface area contributed by atoms with Crippen molar-refractivity contribution in [3.8, 4) is 5.88 Å². The Labute approximate surface area is 120 Å². The van der Waals surface area contributed by atoms with Crippen LogP contribution in [0.4, 0.5) is 0 Å². The molecule has 0 saturated heterocycles. The van der Waals surface area contributed by atoms with Gasteiger partial charge in [-0.1, -0.05) is 6.07 Å².